The van der Waals surface area contributed by atoms with Crippen molar-refractivity contribution < 1.29 is 24.2 Å². The molecule has 2 N–H and O–H groups in total. The Kier molecular flexibility index (Phi) is 5.82. The van der Waals surface area contributed by atoms with Crippen LogP contribution in [0.5, 0.6) is 11.5 Å². The summed E-state index contributed by atoms with van der Waals surface area (Å²) in [4.78, 5) is 38.1. The van der Waals surface area contributed by atoms with E-state index in [1.165, 1.54) is 37.5 Å². The molecule has 0 radical (unpaired) electrons. The summed E-state index contributed by atoms with van der Waals surface area (Å²) in [5.74, 6) is -1.54. The van der Waals surface area contributed by atoms with Gasteiger partial charge >= 0.3 is 6.03 Å². The van der Waals surface area contributed by atoms with Crippen molar-refractivity contribution in [2.24, 2.45) is 0 Å². The van der Waals surface area contributed by atoms with Crippen LogP contribution in [0.3, 0.4) is 0 Å². The molecule has 1 heterocycles. The zero-order chi connectivity index (χ0) is 20.6. The number of halogens is 3. The Morgan fingerprint density at radius 2 is 1.86 bits per heavy atom. The molecule has 1 saturated heterocycles. The van der Waals surface area contributed by atoms with Gasteiger partial charge in [-0.05, 0) is 64.6 Å². The van der Waals surface area contributed by atoms with Crippen molar-refractivity contribution in [1.29, 1.82) is 0 Å². The first kappa shape index (κ1) is 20.4. The molecule has 3 rings (SSSR count). The van der Waals surface area contributed by atoms with Crippen LogP contribution in [0.4, 0.5) is 10.5 Å². The van der Waals surface area contributed by atoms with E-state index in [-0.39, 0.29) is 32.8 Å². The van der Waals surface area contributed by atoms with Crippen LogP contribution in [0.25, 0.3) is 6.08 Å². The molecule has 1 fully saturated rings. The van der Waals surface area contributed by atoms with Crippen LogP contribution in [0, 0.1) is 3.57 Å². The number of rotatable bonds is 3. The van der Waals surface area contributed by atoms with E-state index in [1.54, 1.807) is 6.07 Å². The number of methoxy groups -OCH3 is 1. The summed E-state index contributed by atoms with van der Waals surface area (Å²) >= 11 is 13.7. The second-order valence-electron chi connectivity index (χ2n) is 5.61. The number of carbonyl (C=O) groups excluding carboxylic acids is 3. The molecule has 0 aromatic heterocycles. The Balaban J connectivity index is 2.06. The maximum atomic E-state index is 12.9. The van der Waals surface area contributed by atoms with Gasteiger partial charge in [0.25, 0.3) is 11.8 Å². The van der Waals surface area contributed by atoms with E-state index in [4.69, 9.17) is 27.9 Å². The number of phenols is 1. The van der Waals surface area contributed by atoms with Crippen molar-refractivity contribution in [2.45, 2.75) is 0 Å². The first-order valence-electron chi connectivity index (χ1n) is 7.66. The number of urea groups is 1. The third-order valence-corrected chi connectivity index (χ3v) is 5.41. The van der Waals surface area contributed by atoms with Gasteiger partial charge in [-0.2, -0.15) is 0 Å². The molecular formula is C18H11Cl2IN2O5. The lowest BCUT2D eigenvalue weighted by atomic mass is 10.1. The normalized spacial score (nSPS) is 15.8. The minimum atomic E-state index is -0.900. The van der Waals surface area contributed by atoms with E-state index < -0.39 is 17.8 Å². The highest BCUT2D eigenvalue weighted by atomic mass is 127. The van der Waals surface area contributed by atoms with Gasteiger partial charge in [-0.1, -0.05) is 23.2 Å². The third-order valence-electron chi connectivity index (χ3n) is 3.84. The summed E-state index contributed by atoms with van der Waals surface area (Å²) in [6.45, 7) is 0. The van der Waals surface area contributed by atoms with Crippen molar-refractivity contribution in [1.82, 2.24) is 5.32 Å². The highest BCUT2D eigenvalue weighted by Crippen LogP contribution is 2.34. The van der Waals surface area contributed by atoms with Gasteiger partial charge in [0.15, 0.2) is 11.5 Å². The topological polar surface area (TPSA) is 95.9 Å². The number of benzene rings is 2. The van der Waals surface area contributed by atoms with Crippen molar-refractivity contribution >= 4 is 75.4 Å². The lowest BCUT2D eigenvalue weighted by molar-refractivity contribution is -0.122. The molecule has 2 aromatic carbocycles. The number of aromatic hydroxyl groups is 1. The minimum Gasteiger partial charge on any atom is -0.504 e. The maximum absolute atomic E-state index is 12.9. The highest BCUT2D eigenvalue weighted by Gasteiger charge is 2.37. The van der Waals surface area contributed by atoms with E-state index >= 15 is 0 Å². The number of carbonyl (C=O) groups is 3. The highest BCUT2D eigenvalue weighted by molar-refractivity contribution is 14.1. The average molecular weight is 533 g/mol. The van der Waals surface area contributed by atoms with Crippen molar-refractivity contribution in [2.75, 3.05) is 12.0 Å². The van der Waals surface area contributed by atoms with Gasteiger partial charge < -0.3 is 9.84 Å². The summed E-state index contributed by atoms with van der Waals surface area (Å²) in [6.07, 6.45) is 1.30. The molecule has 10 heteroatoms. The molecule has 2 aromatic rings. The van der Waals surface area contributed by atoms with E-state index in [0.717, 1.165) is 4.90 Å². The van der Waals surface area contributed by atoms with Gasteiger partial charge in [-0.3, -0.25) is 14.9 Å². The van der Waals surface area contributed by atoms with E-state index in [0.29, 0.717) is 9.13 Å². The van der Waals surface area contributed by atoms with Gasteiger partial charge in [-0.15, -0.1) is 0 Å². The maximum Gasteiger partial charge on any atom is 0.335 e. The number of phenolic OH excluding ortho intramolecular Hbond substituents is 1. The summed E-state index contributed by atoms with van der Waals surface area (Å²) < 4.78 is 5.54. The van der Waals surface area contributed by atoms with Crippen molar-refractivity contribution in [3.05, 3.63) is 55.1 Å². The molecule has 7 nitrogen and oxygen atoms in total. The Hall–Kier alpha value is -2.30. The van der Waals surface area contributed by atoms with Gasteiger partial charge in [-0.25, -0.2) is 9.69 Å². The molecule has 0 unspecified atom stereocenters. The molecule has 4 amide bonds. The largest absolute Gasteiger partial charge is 0.504 e. The Labute approximate surface area is 183 Å². The smallest absolute Gasteiger partial charge is 0.335 e. The summed E-state index contributed by atoms with van der Waals surface area (Å²) in [5, 5.41) is 12.5. The van der Waals surface area contributed by atoms with Crippen molar-refractivity contribution in [3.63, 3.8) is 0 Å². The predicted molar refractivity (Wildman–Crippen MR) is 113 cm³/mol. The number of barbiturate groups is 1. The molecular weight excluding hydrogens is 522 g/mol. The van der Waals surface area contributed by atoms with Gasteiger partial charge in [0.2, 0.25) is 0 Å². The predicted octanol–water partition coefficient (Wildman–Crippen LogP) is 3.98. The van der Waals surface area contributed by atoms with E-state index in [9.17, 15) is 19.5 Å². The lowest BCUT2D eigenvalue weighted by Crippen LogP contribution is -2.54. The average Bonchev–Trinajstić information content (AvgIpc) is 2.64. The summed E-state index contributed by atoms with van der Waals surface area (Å²) in [7, 11) is 1.38. The summed E-state index contributed by atoms with van der Waals surface area (Å²) in [5.41, 5.74) is 0.323. The second-order valence-corrected chi connectivity index (χ2v) is 7.59. The monoisotopic (exact) mass is 532 g/mol. The molecule has 0 atom stereocenters. The first-order valence-corrected chi connectivity index (χ1v) is 9.49. The zero-order valence-electron chi connectivity index (χ0n) is 14.1. The molecule has 1 aliphatic rings. The quantitative estimate of drug-likeness (QED) is 0.354. The number of hydrogen-bond donors (Lipinski definition) is 2. The number of ether oxygens (including phenoxy) is 1. The van der Waals surface area contributed by atoms with Crippen LogP contribution < -0.4 is 15.0 Å². The Bertz CT molecular complexity index is 1050. The molecule has 28 heavy (non-hydrogen) atoms. The fourth-order valence-electron chi connectivity index (χ4n) is 2.52. The number of amides is 4. The molecule has 144 valence electrons. The van der Waals surface area contributed by atoms with Crippen LogP contribution >= 0.6 is 45.8 Å². The molecule has 0 bridgehead atoms. The SMILES string of the molecule is COc1cc(/C=C2\C(=O)NC(=O)N(c3ccc(Cl)c(Cl)c3)C2=O)cc(I)c1O. The molecule has 0 spiro atoms. The van der Waals surface area contributed by atoms with Gasteiger partial charge in [0.05, 0.1) is 26.4 Å². The molecule has 0 saturated carbocycles. The fraction of sp³-hybridized carbons (Fsp3) is 0.0556. The number of nitrogens with one attached hydrogen (secondary N) is 1. The van der Waals surface area contributed by atoms with Gasteiger partial charge in [0.1, 0.15) is 5.57 Å². The van der Waals surface area contributed by atoms with Crippen LogP contribution in [0.15, 0.2) is 35.9 Å². The number of nitrogens with zero attached hydrogens (tertiary/aromatic N) is 1. The number of hydrogen-bond acceptors (Lipinski definition) is 5. The Morgan fingerprint density at radius 3 is 2.50 bits per heavy atom. The fourth-order valence-corrected chi connectivity index (χ4v) is 3.43. The second kappa shape index (κ2) is 7.98. The molecule has 1 aliphatic heterocycles. The standard InChI is InChI=1S/C18H11Cl2IN2O5/c1-28-14-6-8(5-13(21)15(14)24)4-10-16(25)22-18(27)23(17(10)26)9-2-3-11(19)12(20)7-9/h2-7,24H,1H3,(H,22,25,27)/b10-4+. The van der Waals surface area contributed by atoms with Gasteiger partial charge in [0, 0.05) is 0 Å². The van der Waals surface area contributed by atoms with Crippen LogP contribution in [0.1, 0.15) is 5.56 Å². The van der Waals surface area contributed by atoms with Crippen molar-refractivity contribution in [3.8, 4) is 11.5 Å². The third kappa shape index (κ3) is 3.80. The van der Waals surface area contributed by atoms with Crippen LogP contribution in [-0.4, -0.2) is 30.1 Å². The van der Waals surface area contributed by atoms with E-state index in [1.807, 2.05) is 22.6 Å². The van der Waals surface area contributed by atoms with E-state index in [2.05, 4.69) is 5.32 Å². The number of imide groups is 2. The Morgan fingerprint density at radius 1 is 1.14 bits per heavy atom. The minimum absolute atomic E-state index is 0.0581. The first-order chi connectivity index (χ1) is 13.2. The summed E-state index contributed by atoms with van der Waals surface area (Å²) in [6, 6.07) is 6.35. The van der Waals surface area contributed by atoms with Crippen LogP contribution in [-0.2, 0) is 9.59 Å². The number of anilines is 1. The molecule has 0 aliphatic carbocycles. The lowest BCUT2D eigenvalue weighted by Gasteiger charge is -2.26. The van der Waals surface area contributed by atoms with Crippen LogP contribution in [0.2, 0.25) is 10.0 Å². The zero-order valence-corrected chi connectivity index (χ0v) is 17.8.